The highest BCUT2D eigenvalue weighted by Crippen LogP contribution is 2.38. The lowest BCUT2D eigenvalue weighted by atomic mass is 9.91. The average Bonchev–Trinajstić information content (AvgIpc) is 2.38. The van der Waals surface area contributed by atoms with E-state index < -0.39 is 11.7 Å². The Balaban J connectivity index is 2.29. The van der Waals surface area contributed by atoms with Gasteiger partial charge < -0.3 is 10.1 Å². The molecule has 1 aliphatic heterocycles. The van der Waals surface area contributed by atoms with Crippen molar-refractivity contribution in [1.82, 2.24) is 5.32 Å². The summed E-state index contributed by atoms with van der Waals surface area (Å²) >= 11 is 0. The standard InChI is InChI=1S/C13H16F3NO/c1-18-12-7-9(10-3-2-6-17-8-10)4-5-11(12)13(14,15)16/h4-5,7,10,17H,2-3,6,8H2,1H3/t10-/m0/s1. The van der Waals surface area contributed by atoms with Crippen LogP contribution in [0.25, 0.3) is 0 Å². The first-order valence-electron chi connectivity index (χ1n) is 5.98. The molecule has 0 aliphatic carbocycles. The number of ether oxygens (including phenoxy) is 1. The molecule has 1 aliphatic rings. The van der Waals surface area contributed by atoms with Gasteiger partial charge in [0.25, 0.3) is 0 Å². The van der Waals surface area contributed by atoms with Crippen LogP contribution in [0.2, 0.25) is 0 Å². The van der Waals surface area contributed by atoms with Crippen LogP contribution in [0.15, 0.2) is 18.2 Å². The van der Waals surface area contributed by atoms with Crippen molar-refractivity contribution in [2.24, 2.45) is 0 Å². The molecule has 1 fully saturated rings. The maximum Gasteiger partial charge on any atom is 0.419 e. The summed E-state index contributed by atoms with van der Waals surface area (Å²) in [6.07, 6.45) is -2.32. The maximum atomic E-state index is 12.7. The van der Waals surface area contributed by atoms with Crippen LogP contribution in [0.4, 0.5) is 13.2 Å². The molecule has 0 aromatic heterocycles. The summed E-state index contributed by atoms with van der Waals surface area (Å²) in [5, 5.41) is 3.25. The molecule has 0 spiro atoms. The number of methoxy groups -OCH3 is 1. The number of nitrogens with one attached hydrogen (secondary N) is 1. The Hall–Kier alpha value is -1.23. The summed E-state index contributed by atoms with van der Waals surface area (Å²) < 4.78 is 43.0. The van der Waals surface area contributed by atoms with Crippen LogP contribution in [0.1, 0.15) is 29.9 Å². The Morgan fingerprint density at radius 3 is 2.67 bits per heavy atom. The normalized spacial score (nSPS) is 20.8. The second-order valence-electron chi connectivity index (χ2n) is 4.50. The average molecular weight is 259 g/mol. The van der Waals surface area contributed by atoms with Gasteiger partial charge in [-0.3, -0.25) is 0 Å². The molecule has 1 aromatic rings. The van der Waals surface area contributed by atoms with Gasteiger partial charge in [0.15, 0.2) is 0 Å². The van der Waals surface area contributed by atoms with E-state index in [9.17, 15) is 13.2 Å². The van der Waals surface area contributed by atoms with Crippen LogP contribution in [-0.4, -0.2) is 20.2 Å². The summed E-state index contributed by atoms with van der Waals surface area (Å²) in [5.41, 5.74) is 0.199. The Labute approximate surface area is 104 Å². The van der Waals surface area contributed by atoms with Crippen molar-refractivity contribution >= 4 is 0 Å². The predicted molar refractivity (Wildman–Crippen MR) is 62.8 cm³/mol. The molecule has 0 radical (unpaired) electrons. The van der Waals surface area contributed by atoms with Gasteiger partial charge in [-0.15, -0.1) is 0 Å². The molecule has 5 heteroatoms. The van der Waals surface area contributed by atoms with E-state index in [-0.39, 0.29) is 11.7 Å². The summed E-state index contributed by atoms with van der Waals surface area (Å²) in [6.45, 7) is 1.79. The van der Waals surface area contributed by atoms with Crippen LogP contribution in [-0.2, 0) is 6.18 Å². The number of hydrogen-bond donors (Lipinski definition) is 1. The highest BCUT2D eigenvalue weighted by molar-refractivity contribution is 5.41. The summed E-state index contributed by atoms with van der Waals surface area (Å²) in [6, 6.07) is 4.19. The molecular weight excluding hydrogens is 243 g/mol. The highest BCUT2D eigenvalue weighted by atomic mass is 19.4. The fraction of sp³-hybridized carbons (Fsp3) is 0.538. The van der Waals surface area contributed by atoms with E-state index in [0.29, 0.717) is 0 Å². The third kappa shape index (κ3) is 2.77. The molecule has 2 rings (SSSR count). The Morgan fingerprint density at radius 1 is 1.33 bits per heavy atom. The number of alkyl halides is 3. The molecule has 1 N–H and O–H groups in total. The summed E-state index contributed by atoms with van der Waals surface area (Å²) in [5.74, 6) is 0.181. The van der Waals surface area contributed by atoms with Crippen LogP contribution < -0.4 is 10.1 Å². The zero-order valence-electron chi connectivity index (χ0n) is 10.2. The van der Waals surface area contributed by atoms with E-state index in [4.69, 9.17) is 4.74 Å². The monoisotopic (exact) mass is 259 g/mol. The number of hydrogen-bond acceptors (Lipinski definition) is 2. The second kappa shape index (κ2) is 5.18. The third-order valence-corrected chi connectivity index (χ3v) is 3.30. The minimum absolute atomic E-state index is 0.0921. The van der Waals surface area contributed by atoms with Gasteiger partial charge in [0.1, 0.15) is 5.75 Å². The first-order chi connectivity index (χ1) is 8.52. The summed E-state index contributed by atoms with van der Waals surface area (Å²) in [7, 11) is 1.27. The van der Waals surface area contributed by atoms with Crippen LogP contribution in [0.5, 0.6) is 5.75 Å². The number of rotatable bonds is 2. The lowest BCUT2D eigenvalue weighted by molar-refractivity contribution is -0.138. The van der Waals surface area contributed by atoms with Crippen molar-refractivity contribution in [1.29, 1.82) is 0 Å². The molecule has 1 saturated heterocycles. The Bertz CT molecular complexity index is 411. The van der Waals surface area contributed by atoms with Gasteiger partial charge in [-0.05, 0) is 43.0 Å². The lowest BCUT2D eigenvalue weighted by Gasteiger charge is -2.24. The van der Waals surface area contributed by atoms with Gasteiger partial charge in [-0.25, -0.2) is 0 Å². The van der Waals surface area contributed by atoms with Crippen molar-refractivity contribution < 1.29 is 17.9 Å². The Morgan fingerprint density at radius 2 is 2.11 bits per heavy atom. The minimum atomic E-state index is -4.37. The summed E-state index contributed by atoms with van der Waals surface area (Å²) in [4.78, 5) is 0. The van der Waals surface area contributed by atoms with Crippen LogP contribution in [0.3, 0.4) is 0 Å². The third-order valence-electron chi connectivity index (χ3n) is 3.30. The van der Waals surface area contributed by atoms with E-state index in [1.54, 1.807) is 6.07 Å². The second-order valence-corrected chi connectivity index (χ2v) is 4.50. The molecule has 0 unspecified atom stereocenters. The SMILES string of the molecule is COc1cc([C@H]2CCCNC2)ccc1C(F)(F)F. The number of benzene rings is 1. The number of halogens is 3. The Kier molecular flexibility index (Phi) is 3.80. The molecule has 1 atom stereocenters. The van der Waals surface area contributed by atoms with Gasteiger partial charge >= 0.3 is 6.18 Å². The topological polar surface area (TPSA) is 21.3 Å². The molecule has 0 amide bonds. The quantitative estimate of drug-likeness (QED) is 0.880. The fourth-order valence-corrected chi connectivity index (χ4v) is 2.33. The van der Waals surface area contributed by atoms with Gasteiger partial charge in [0.05, 0.1) is 12.7 Å². The first-order valence-corrected chi connectivity index (χ1v) is 5.98. The van der Waals surface area contributed by atoms with Crippen molar-refractivity contribution in [3.8, 4) is 5.75 Å². The van der Waals surface area contributed by atoms with Gasteiger partial charge in [-0.1, -0.05) is 6.07 Å². The molecule has 0 saturated carbocycles. The molecule has 1 aromatic carbocycles. The molecule has 0 bridgehead atoms. The van der Waals surface area contributed by atoms with Crippen molar-refractivity contribution in [2.45, 2.75) is 24.9 Å². The minimum Gasteiger partial charge on any atom is -0.496 e. The largest absolute Gasteiger partial charge is 0.496 e. The number of piperidine rings is 1. The van der Waals surface area contributed by atoms with Crippen LogP contribution >= 0.6 is 0 Å². The van der Waals surface area contributed by atoms with Gasteiger partial charge in [-0.2, -0.15) is 13.2 Å². The van der Waals surface area contributed by atoms with Crippen molar-refractivity contribution in [3.63, 3.8) is 0 Å². The zero-order valence-corrected chi connectivity index (χ0v) is 10.2. The first kappa shape index (κ1) is 13.2. The van der Waals surface area contributed by atoms with Crippen molar-refractivity contribution in [2.75, 3.05) is 20.2 Å². The molecule has 100 valence electrons. The molecule has 2 nitrogen and oxygen atoms in total. The lowest BCUT2D eigenvalue weighted by Crippen LogP contribution is -2.28. The van der Waals surface area contributed by atoms with E-state index >= 15 is 0 Å². The maximum absolute atomic E-state index is 12.7. The van der Waals surface area contributed by atoms with Gasteiger partial charge in [0, 0.05) is 6.54 Å². The van der Waals surface area contributed by atoms with Gasteiger partial charge in [0.2, 0.25) is 0 Å². The fourth-order valence-electron chi connectivity index (χ4n) is 2.33. The molecule has 1 heterocycles. The highest BCUT2D eigenvalue weighted by Gasteiger charge is 2.34. The van der Waals surface area contributed by atoms with E-state index in [1.165, 1.54) is 13.2 Å². The predicted octanol–water partition coefficient (Wildman–Crippen LogP) is 3.18. The smallest absolute Gasteiger partial charge is 0.419 e. The molecular formula is C13H16F3NO. The van der Waals surface area contributed by atoms with Crippen molar-refractivity contribution in [3.05, 3.63) is 29.3 Å². The molecule has 18 heavy (non-hydrogen) atoms. The zero-order chi connectivity index (χ0) is 13.2. The van der Waals surface area contributed by atoms with Crippen LogP contribution in [0, 0.1) is 0 Å². The van der Waals surface area contributed by atoms with E-state index in [2.05, 4.69) is 5.32 Å². The van der Waals surface area contributed by atoms with E-state index in [0.717, 1.165) is 37.6 Å². The van der Waals surface area contributed by atoms with E-state index in [1.807, 2.05) is 0 Å².